The van der Waals surface area contributed by atoms with E-state index in [4.69, 9.17) is 10.2 Å². The Bertz CT molecular complexity index is 726. The summed E-state index contributed by atoms with van der Waals surface area (Å²) in [6.07, 6.45) is 3.56. The summed E-state index contributed by atoms with van der Waals surface area (Å²) in [5.74, 6) is -2.51. The van der Waals surface area contributed by atoms with Gasteiger partial charge in [0.15, 0.2) is 0 Å². The number of hydrogen-bond donors (Lipinski definition) is 2. The molecule has 1 saturated heterocycles. The fourth-order valence-electron chi connectivity index (χ4n) is 3.22. The van der Waals surface area contributed by atoms with E-state index in [1.807, 2.05) is 11.3 Å². The maximum absolute atomic E-state index is 9.55. The molecule has 1 atom stereocenters. The van der Waals surface area contributed by atoms with E-state index in [1.165, 1.54) is 31.5 Å². The third-order valence-corrected chi connectivity index (χ3v) is 5.46. The summed E-state index contributed by atoms with van der Waals surface area (Å²) in [7, 11) is 2.24. The first kappa shape index (κ1) is 19.9. The smallest absolute Gasteiger partial charge is 0.328 e. The zero-order valence-electron chi connectivity index (χ0n) is 14.7. The average molecular weight is 373 g/mol. The van der Waals surface area contributed by atoms with Crippen molar-refractivity contribution in [1.82, 2.24) is 4.90 Å². The van der Waals surface area contributed by atoms with Crippen LogP contribution in [-0.2, 0) is 21.4 Å². The van der Waals surface area contributed by atoms with Crippen molar-refractivity contribution in [3.05, 3.63) is 70.4 Å². The molecule has 0 radical (unpaired) electrons. The van der Waals surface area contributed by atoms with Crippen LogP contribution in [0.25, 0.3) is 0 Å². The van der Waals surface area contributed by atoms with Crippen molar-refractivity contribution >= 4 is 23.3 Å². The van der Waals surface area contributed by atoms with E-state index in [1.54, 1.807) is 4.88 Å². The van der Waals surface area contributed by atoms with Gasteiger partial charge in [-0.15, -0.1) is 11.3 Å². The number of rotatable bonds is 5. The van der Waals surface area contributed by atoms with Gasteiger partial charge in [0, 0.05) is 29.0 Å². The third-order valence-electron chi connectivity index (χ3n) is 4.34. The van der Waals surface area contributed by atoms with E-state index in [0.717, 1.165) is 0 Å². The van der Waals surface area contributed by atoms with Gasteiger partial charge >= 0.3 is 11.9 Å². The number of carbonyl (C=O) groups is 2. The van der Waals surface area contributed by atoms with Crippen molar-refractivity contribution < 1.29 is 19.8 Å². The number of benzene rings is 1. The second-order valence-corrected chi connectivity index (χ2v) is 7.37. The van der Waals surface area contributed by atoms with Gasteiger partial charge in [-0.2, -0.15) is 0 Å². The lowest BCUT2D eigenvalue weighted by Gasteiger charge is -2.28. The van der Waals surface area contributed by atoms with E-state index in [-0.39, 0.29) is 0 Å². The zero-order chi connectivity index (χ0) is 19.0. The Balaban J connectivity index is 0.000000260. The van der Waals surface area contributed by atoms with Crippen molar-refractivity contribution in [3.8, 4) is 0 Å². The number of likely N-dealkylation sites (tertiary alicyclic amines) is 1. The maximum atomic E-state index is 9.55. The van der Waals surface area contributed by atoms with E-state index in [0.29, 0.717) is 17.6 Å². The van der Waals surface area contributed by atoms with Gasteiger partial charge < -0.3 is 15.1 Å². The van der Waals surface area contributed by atoms with E-state index in [9.17, 15) is 9.59 Å². The molecular weight excluding hydrogens is 350 g/mol. The first-order valence-electron chi connectivity index (χ1n) is 8.32. The minimum absolute atomic E-state index is 0.338. The molecule has 138 valence electrons. The summed E-state index contributed by atoms with van der Waals surface area (Å²) in [6.45, 7) is 2.40. The molecule has 1 aromatic carbocycles. The normalized spacial score (nSPS) is 19.9. The molecular formula is C20H23NO4S. The highest BCUT2D eigenvalue weighted by Crippen LogP contribution is 2.39. The van der Waals surface area contributed by atoms with Crippen LogP contribution >= 0.6 is 11.3 Å². The van der Waals surface area contributed by atoms with Crippen LogP contribution in [0.15, 0.2) is 60.0 Å². The van der Waals surface area contributed by atoms with Crippen LogP contribution in [0.5, 0.6) is 0 Å². The lowest BCUT2D eigenvalue weighted by Crippen LogP contribution is -2.31. The molecule has 2 N–H and O–H groups in total. The van der Waals surface area contributed by atoms with E-state index in [2.05, 4.69) is 59.8 Å². The van der Waals surface area contributed by atoms with Crippen LogP contribution in [0.1, 0.15) is 16.9 Å². The van der Waals surface area contributed by atoms with Crippen LogP contribution in [0.2, 0.25) is 0 Å². The van der Waals surface area contributed by atoms with Crippen LogP contribution in [0, 0.1) is 0 Å². The van der Waals surface area contributed by atoms with Crippen LogP contribution in [-0.4, -0.2) is 47.2 Å². The monoisotopic (exact) mass is 373 g/mol. The zero-order valence-corrected chi connectivity index (χ0v) is 15.5. The van der Waals surface area contributed by atoms with Crippen molar-refractivity contribution in [2.24, 2.45) is 0 Å². The van der Waals surface area contributed by atoms with E-state index >= 15 is 0 Å². The molecule has 0 saturated carbocycles. The maximum Gasteiger partial charge on any atom is 0.328 e. The number of hydrogen-bond acceptors (Lipinski definition) is 4. The molecule has 1 aliphatic heterocycles. The van der Waals surface area contributed by atoms with Crippen molar-refractivity contribution in [2.75, 3.05) is 20.1 Å². The summed E-state index contributed by atoms with van der Waals surface area (Å²) in [6, 6.07) is 15.4. The highest BCUT2D eigenvalue weighted by molar-refractivity contribution is 7.10. The topological polar surface area (TPSA) is 77.8 Å². The molecule has 0 spiro atoms. The fourth-order valence-corrected chi connectivity index (χ4v) is 4.17. The number of thiophene rings is 1. The predicted octanol–water partition coefficient (Wildman–Crippen LogP) is 3.28. The Morgan fingerprint density at radius 2 is 1.77 bits per heavy atom. The number of likely N-dealkylation sites (N-methyl/N-ethyl adjacent to an activating group) is 1. The Morgan fingerprint density at radius 3 is 2.23 bits per heavy atom. The minimum atomic E-state index is -1.26. The number of aliphatic carboxylic acids is 2. The van der Waals surface area contributed by atoms with Gasteiger partial charge in [0.2, 0.25) is 0 Å². The van der Waals surface area contributed by atoms with E-state index < -0.39 is 11.9 Å². The Kier molecular flexibility index (Phi) is 7.12. The molecule has 0 aliphatic carbocycles. The Labute approximate surface area is 157 Å². The predicted molar refractivity (Wildman–Crippen MR) is 103 cm³/mol. The number of nitrogens with zero attached hydrogens (tertiary/aromatic N) is 1. The summed E-state index contributed by atoms with van der Waals surface area (Å²) >= 11 is 1.91. The molecule has 1 fully saturated rings. The average Bonchev–Trinajstić information content (AvgIpc) is 3.25. The largest absolute Gasteiger partial charge is 0.478 e. The number of carboxylic acid groups (broad SMARTS) is 2. The number of carboxylic acids is 2. The quantitative estimate of drug-likeness (QED) is 0.787. The molecule has 3 rings (SSSR count). The van der Waals surface area contributed by atoms with Crippen LogP contribution < -0.4 is 0 Å². The molecule has 0 bridgehead atoms. The molecule has 26 heavy (non-hydrogen) atoms. The van der Waals surface area contributed by atoms with Crippen LogP contribution in [0.4, 0.5) is 0 Å². The molecule has 0 amide bonds. The Hall–Kier alpha value is -2.44. The first-order valence-corrected chi connectivity index (χ1v) is 9.20. The summed E-state index contributed by atoms with van der Waals surface area (Å²) in [4.78, 5) is 23.1. The molecule has 1 unspecified atom stereocenters. The molecule has 2 heterocycles. The lowest BCUT2D eigenvalue weighted by molar-refractivity contribution is -0.134. The second kappa shape index (κ2) is 9.31. The Morgan fingerprint density at radius 1 is 1.12 bits per heavy atom. The second-order valence-electron chi connectivity index (χ2n) is 6.42. The third kappa shape index (κ3) is 5.82. The van der Waals surface area contributed by atoms with Gasteiger partial charge in [-0.1, -0.05) is 36.4 Å². The van der Waals surface area contributed by atoms with Gasteiger partial charge in [0.25, 0.3) is 0 Å². The molecule has 2 aromatic rings. The summed E-state index contributed by atoms with van der Waals surface area (Å²) in [5, 5.41) is 17.8. The SMILES string of the molecule is CN1CCC(Cc2ccccc2)(c2cccs2)C1.O=C(O)/C=C/C(=O)O. The van der Waals surface area contributed by atoms with Crippen molar-refractivity contribution in [1.29, 1.82) is 0 Å². The van der Waals surface area contributed by atoms with Gasteiger partial charge in [-0.3, -0.25) is 0 Å². The summed E-state index contributed by atoms with van der Waals surface area (Å²) < 4.78 is 0. The molecule has 1 aromatic heterocycles. The molecule has 5 nitrogen and oxygen atoms in total. The van der Waals surface area contributed by atoms with Gasteiger partial charge in [-0.25, -0.2) is 9.59 Å². The van der Waals surface area contributed by atoms with Crippen LogP contribution in [0.3, 0.4) is 0 Å². The van der Waals surface area contributed by atoms with Crippen molar-refractivity contribution in [3.63, 3.8) is 0 Å². The molecule has 6 heteroatoms. The van der Waals surface area contributed by atoms with Gasteiger partial charge in [0.05, 0.1) is 0 Å². The van der Waals surface area contributed by atoms with Crippen molar-refractivity contribution in [2.45, 2.75) is 18.3 Å². The summed E-state index contributed by atoms with van der Waals surface area (Å²) in [5.41, 5.74) is 1.80. The molecule has 1 aliphatic rings. The standard InChI is InChI=1S/C16H19NS.C4H4O4/c1-17-10-9-16(13-17,15-8-5-11-18-15)12-14-6-3-2-4-7-14;5-3(6)1-2-4(7)8/h2-8,11H,9-10,12-13H2,1H3;1-2H,(H,5,6)(H,7,8)/b;2-1+. The van der Waals surface area contributed by atoms with Gasteiger partial charge in [-0.05, 0) is 43.4 Å². The highest BCUT2D eigenvalue weighted by atomic mass is 32.1. The minimum Gasteiger partial charge on any atom is -0.478 e. The first-order chi connectivity index (χ1) is 12.4. The fraction of sp³-hybridized carbons (Fsp3) is 0.300. The highest BCUT2D eigenvalue weighted by Gasteiger charge is 2.39. The lowest BCUT2D eigenvalue weighted by atomic mass is 9.79. The van der Waals surface area contributed by atoms with Gasteiger partial charge in [0.1, 0.15) is 0 Å².